The molecule has 0 aliphatic rings. The minimum Gasteiger partial charge on any atom is -0.455 e. The van der Waals surface area contributed by atoms with E-state index in [0.29, 0.717) is 17.5 Å². The zero-order chi connectivity index (χ0) is 35.1. The number of fused-ring (bicyclic) bond motifs is 5. The first kappa shape index (κ1) is 30.6. The maximum atomic E-state index is 6.75. The van der Waals surface area contributed by atoms with Crippen LogP contribution in [0.3, 0.4) is 0 Å². The summed E-state index contributed by atoms with van der Waals surface area (Å²) in [5, 5.41) is 4.47. The Bertz CT molecular complexity index is 2880. The largest absolute Gasteiger partial charge is 0.455 e. The average Bonchev–Trinajstić information content (AvgIpc) is 3.63. The average molecular weight is 678 g/mol. The first-order chi connectivity index (χ1) is 26.3. The molecule has 0 unspecified atom stereocenters. The lowest BCUT2D eigenvalue weighted by molar-refractivity contribution is 0.674. The molecule has 0 saturated heterocycles. The van der Waals surface area contributed by atoms with Crippen LogP contribution in [0.1, 0.15) is 0 Å². The zero-order valence-corrected chi connectivity index (χ0v) is 28.6. The van der Waals surface area contributed by atoms with E-state index in [-0.39, 0.29) is 0 Å². The Morgan fingerprint density at radius 2 is 0.698 bits per heavy atom. The first-order valence-electron chi connectivity index (χ1n) is 17.8. The number of hydrogen-bond donors (Lipinski definition) is 0. The van der Waals surface area contributed by atoms with E-state index in [9.17, 15) is 0 Å². The number of benzene rings is 8. The van der Waals surface area contributed by atoms with E-state index < -0.39 is 0 Å². The third-order valence-electron chi connectivity index (χ3n) is 9.92. The lowest BCUT2D eigenvalue weighted by Crippen LogP contribution is -2.00. The van der Waals surface area contributed by atoms with Gasteiger partial charge in [-0.2, -0.15) is 0 Å². The van der Waals surface area contributed by atoms with Gasteiger partial charge in [-0.25, -0.2) is 15.0 Å². The number of hydrogen-bond acceptors (Lipinski definition) is 4. The van der Waals surface area contributed by atoms with Crippen LogP contribution in [0.15, 0.2) is 192 Å². The molecule has 0 bridgehead atoms. The van der Waals surface area contributed by atoms with E-state index in [1.165, 1.54) is 0 Å². The van der Waals surface area contributed by atoms with Gasteiger partial charge in [-0.3, -0.25) is 0 Å². The van der Waals surface area contributed by atoms with Crippen molar-refractivity contribution in [3.63, 3.8) is 0 Å². The Hall–Kier alpha value is -7.17. The van der Waals surface area contributed by atoms with E-state index in [1.807, 2.05) is 66.7 Å². The second-order valence-electron chi connectivity index (χ2n) is 13.2. The lowest BCUT2D eigenvalue weighted by atomic mass is 9.92. The fourth-order valence-corrected chi connectivity index (χ4v) is 7.35. The van der Waals surface area contributed by atoms with Gasteiger partial charge in [0.2, 0.25) is 0 Å². The smallest absolute Gasteiger partial charge is 0.164 e. The highest BCUT2D eigenvalue weighted by Crippen LogP contribution is 2.43. The van der Waals surface area contributed by atoms with Crippen molar-refractivity contribution in [1.29, 1.82) is 0 Å². The molecule has 0 aliphatic carbocycles. The van der Waals surface area contributed by atoms with Crippen LogP contribution in [0.25, 0.3) is 100 Å². The first-order valence-corrected chi connectivity index (χ1v) is 17.8. The monoisotopic (exact) mass is 677 g/mol. The minimum absolute atomic E-state index is 0.633. The molecule has 0 aliphatic heterocycles. The molecule has 53 heavy (non-hydrogen) atoms. The number of rotatable bonds is 6. The summed E-state index contributed by atoms with van der Waals surface area (Å²) in [7, 11) is 0. The van der Waals surface area contributed by atoms with Gasteiger partial charge in [-0.1, -0.05) is 170 Å². The van der Waals surface area contributed by atoms with E-state index in [4.69, 9.17) is 19.4 Å². The van der Waals surface area contributed by atoms with Gasteiger partial charge < -0.3 is 4.42 Å². The van der Waals surface area contributed by atoms with Gasteiger partial charge in [0.15, 0.2) is 17.5 Å². The maximum absolute atomic E-state index is 6.75. The summed E-state index contributed by atoms with van der Waals surface area (Å²) in [6.45, 7) is 0. The fourth-order valence-electron chi connectivity index (χ4n) is 7.35. The van der Waals surface area contributed by atoms with E-state index in [0.717, 1.165) is 82.8 Å². The summed E-state index contributed by atoms with van der Waals surface area (Å²) in [6.07, 6.45) is 0. The molecule has 0 spiro atoms. The van der Waals surface area contributed by atoms with Crippen molar-refractivity contribution in [2.24, 2.45) is 0 Å². The van der Waals surface area contributed by atoms with Crippen LogP contribution in [-0.4, -0.2) is 15.0 Å². The summed E-state index contributed by atoms with van der Waals surface area (Å²) < 4.78 is 6.75. The van der Waals surface area contributed by atoms with Crippen molar-refractivity contribution in [3.05, 3.63) is 188 Å². The molecule has 248 valence electrons. The van der Waals surface area contributed by atoms with Crippen LogP contribution < -0.4 is 0 Å². The molecule has 0 saturated carbocycles. The molecule has 8 aromatic carbocycles. The van der Waals surface area contributed by atoms with Crippen molar-refractivity contribution < 1.29 is 4.42 Å². The Balaban J connectivity index is 1.10. The minimum atomic E-state index is 0.633. The van der Waals surface area contributed by atoms with Gasteiger partial charge in [0.05, 0.1) is 0 Å². The van der Waals surface area contributed by atoms with Crippen LogP contribution in [0, 0.1) is 0 Å². The van der Waals surface area contributed by atoms with Gasteiger partial charge in [0.25, 0.3) is 0 Å². The highest BCUT2D eigenvalue weighted by Gasteiger charge is 2.18. The molecule has 10 rings (SSSR count). The van der Waals surface area contributed by atoms with Crippen molar-refractivity contribution in [2.75, 3.05) is 0 Å². The molecular weight excluding hydrogens is 647 g/mol. The second-order valence-corrected chi connectivity index (χ2v) is 13.2. The maximum Gasteiger partial charge on any atom is 0.164 e. The normalized spacial score (nSPS) is 11.4. The van der Waals surface area contributed by atoms with Gasteiger partial charge >= 0.3 is 0 Å². The predicted octanol–water partition coefficient (Wildman–Crippen LogP) is 12.9. The van der Waals surface area contributed by atoms with Crippen LogP contribution in [-0.2, 0) is 0 Å². The lowest BCUT2D eigenvalue weighted by Gasteiger charge is -2.12. The SMILES string of the molecule is c1ccc(-c2nc(-c3ccccc3)nc(-c3cccc(-c4cccc(-c5cc6c7cccc(-c8ccccc8)c7oc6c6ccccc56)c4)c3)n2)cc1. The van der Waals surface area contributed by atoms with Crippen molar-refractivity contribution in [3.8, 4) is 67.5 Å². The predicted molar refractivity (Wildman–Crippen MR) is 217 cm³/mol. The summed E-state index contributed by atoms with van der Waals surface area (Å²) in [6, 6.07) is 65.2. The Morgan fingerprint density at radius 1 is 0.264 bits per heavy atom. The van der Waals surface area contributed by atoms with Crippen molar-refractivity contribution in [1.82, 2.24) is 15.0 Å². The molecule has 0 amide bonds. The van der Waals surface area contributed by atoms with E-state index >= 15 is 0 Å². The Kier molecular flexibility index (Phi) is 7.43. The standard InChI is InChI=1S/C49H31N3O/c1-4-15-32(16-5-1)39-27-14-28-42-44-31-43(40-25-10-11-26-41(40)46(44)53-45(39)42)37-23-12-21-35(29-37)36-22-13-24-38(30-36)49-51-47(33-17-6-2-7-18-33)50-48(52-49)34-19-8-3-9-20-34/h1-31H. The topological polar surface area (TPSA) is 51.8 Å². The molecule has 2 heterocycles. The number of para-hydroxylation sites is 1. The molecule has 2 aromatic heterocycles. The fraction of sp³-hybridized carbons (Fsp3) is 0. The van der Waals surface area contributed by atoms with E-state index in [1.54, 1.807) is 0 Å². The number of aromatic nitrogens is 3. The third-order valence-corrected chi connectivity index (χ3v) is 9.92. The summed E-state index contributed by atoms with van der Waals surface area (Å²) >= 11 is 0. The quantitative estimate of drug-likeness (QED) is 0.176. The van der Waals surface area contributed by atoms with Crippen LogP contribution in [0.2, 0.25) is 0 Å². The van der Waals surface area contributed by atoms with Gasteiger partial charge in [0, 0.05) is 38.4 Å². The van der Waals surface area contributed by atoms with Crippen LogP contribution in [0.4, 0.5) is 0 Å². The number of furan rings is 1. The summed E-state index contributed by atoms with van der Waals surface area (Å²) in [4.78, 5) is 14.8. The zero-order valence-electron chi connectivity index (χ0n) is 28.6. The van der Waals surface area contributed by atoms with E-state index in [2.05, 4.69) is 121 Å². The second kappa shape index (κ2) is 12.9. The molecule has 0 atom stereocenters. The molecular formula is C49H31N3O. The summed E-state index contributed by atoms with van der Waals surface area (Å²) in [5.41, 5.74) is 11.4. The molecule has 0 fully saturated rings. The molecule has 4 nitrogen and oxygen atoms in total. The van der Waals surface area contributed by atoms with Gasteiger partial charge in [0.1, 0.15) is 11.2 Å². The van der Waals surface area contributed by atoms with Crippen LogP contribution >= 0.6 is 0 Å². The molecule has 0 N–H and O–H groups in total. The van der Waals surface area contributed by atoms with Crippen LogP contribution in [0.5, 0.6) is 0 Å². The van der Waals surface area contributed by atoms with Gasteiger partial charge in [-0.05, 0) is 51.4 Å². The molecule has 10 aromatic rings. The van der Waals surface area contributed by atoms with Crippen molar-refractivity contribution >= 4 is 32.7 Å². The Labute approximate surface area is 306 Å². The Morgan fingerprint density at radius 3 is 1.34 bits per heavy atom. The number of nitrogens with zero attached hydrogens (tertiary/aromatic N) is 3. The third kappa shape index (κ3) is 5.54. The van der Waals surface area contributed by atoms with Crippen molar-refractivity contribution in [2.45, 2.75) is 0 Å². The van der Waals surface area contributed by atoms with Gasteiger partial charge in [-0.15, -0.1) is 0 Å². The highest BCUT2D eigenvalue weighted by molar-refractivity contribution is 6.20. The molecule has 4 heteroatoms. The molecule has 0 radical (unpaired) electrons. The highest BCUT2D eigenvalue weighted by atomic mass is 16.3. The summed E-state index contributed by atoms with van der Waals surface area (Å²) in [5.74, 6) is 1.92.